The number of nitrogens with two attached hydrogens (primary N) is 1. The first-order valence-corrected chi connectivity index (χ1v) is 11.6. The smallest absolute Gasteiger partial charge is 0.278 e. The van der Waals surface area contributed by atoms with Crippen molar-refractivity contribution >= 4 is 22.7 Å². The maximum atomic E-state index is 15.0. The molecule has 1 aromatic carbocycles. The van der Waals surface area contributed by atoms with Crippen molar-refractivity contribution in [2.45, 2.75) is 42.9 Å². The molecule has 188 valence electrons. The van der Waals surface area contributed by atoms with Crippen LogP contribution in [0.1, 0.15) is 41.9 Å². The van der Waals surface area contributed by atoms with Gasteiger partial charge in [-0.2, -0.15) is 0 Å². The van der Waals surface area contributed by atoms with Gasteiger partial charge in [0, 0.05) is 31.9 Å². The number of Topliss-reactive ketones (excluding diaryl/α,β-unsaturated/α-hetero) is 1. The molecule has 2 heterocycles. The van der Waals surface area contributed by atoms with Crippen LogP contribution < -0.4 is 10.5 Å². The van der Waals surface area contributed by atoms with Gasteiger partial charge in [0.15, 0.2) is 29.2 Å². The molecule has 1 aromatic heterocycles. The Kier molecular flexibility index (Phi) is 6.56. The molecule has 0 amide bonds. The second kappa shape index (κ2) is 9.05. The summed E-state index contributed by atoms with van der Waals surface area (Å²) in [6, 6.07) is 2.38. The molecule has 0 unspecified atom stereocenters. The predicted octanol–water partition coefficient (Wildman–Crippen LogP) is 3.90. The molecule has 0 saturated heterocycles. The summed E-state index contributed by atoms with van der Waals surface area (Å²) < 4.78 is 65.3. The molecule has 1 aliphatic heterocycles. The lowest BCUT2D eigenvalue weighted by molar-refractivity contribution is -0.0243. The zero-order chi connectivity index (χ0) is 25.6. The Morgan fingerprint density at radius 2 is 2.03 bits per heavy atom. The molecule has 1 aliphatic carbocycles. The number of hydrogen-bond donors (Lipinski definition) is 1. The standard InChI is InChI=1S/C23H24F4N4O3S/c1-21(26,27)10-34-18-9-29-15(8-30-18)16(32)6-12-4-13(19(25)14(24)5-12)22(2)17-7-23(17,11-33-3)35-20(28)31-22/h4-5,8-9,17H,6-7,10-11H2,1-3H3,(H2,28,31)/t17-,22+,23+/m0/s1. The topological polar surface area (TPSA) is 99.7 Å². The molecule has 2 aliphatic rings. The van der Waals surface area contributed by atoms with Gasteiger partial charge in [0.05, 0.1) is 29.3 Å². The summed E-state index contributed by atoms with van der Waals surface area (Å²) >= 11 is 1.38. The Bertz CT molecular complexity index is 1170. The molecule has 0 spiro atoms. The van der Waals surface area contributed by atoms with Crippen LogP contribution in [0.5, 0.6) is 5.88 Å². The summed E-state index contributed by atoms with van der Waals surface area (Å²) in [6.07, 6.45) is 2.52. The first-order valence-electron chi connectivity index (χ1n) is 10.7. The number of hydrogen-bond acceptors (Lipinski definition) is 8. The molecule has 2 N–H and O–H groups in total. The fraction of sp³-hybridized carbons (Fsp3) is 0.478. The molecule has 35 heavy (non-hydrogen) atoms. The fourth-order valence-corrected chi connectivity index (χ4v) is 5.91. The van der Waals surface area contributed by atoms with Crippen molar-refractivity contribution in [1.82, 2.24) is 9.97 Å². The molecule has 12 heteroatoms. The minimum Gasteiger partial charge on any atom is -0.470 e. The van der Waals surface area contributed by atoms with E-state index in [0.717, 1.165) is 18.5 Å². The molecule has 3 atom stereocenters. The molecular formula is C23H24F4N4O3S. The second-order valence-electron chi connectivity index (χ2n) is 9.09. The van der Waals surface area contributed by atoms with Crippen molar-refractivity contribution in [2.24, 2.45) is 16.6 Å². The van der Waals surface area contributed by atoms with Gasteiger partial charge in [-0.1, -0.05) is 11.8 Å². The quantitative estimate of drug-likeness (QED) is 0.402. The Morgan fingerprint density at radius 3 is 2.66 bits per heavy atom. The zero-order valence-corrected chi connectivity index (χ0v) is 20.1. The van der Waals surface area contributed by atoms with E-state index in [4.69, 9.17) is 15.2 Å². The number of carbonyl (C=O) groups excluding carboxylic acids is 1. The number of ether oxygens (including phenoxy) is 2. The molecule has 7 nitrogen and oxygen atoms in total. The predicted molar refractivity (Wildman–Crippen MR) is 122 cm³/mol. The van der Waals surface area contributed by atoms with Crippen molar-refractivity contribution in [1.29, 1.82) is 0 Å². The van der Waals surface area contributed by atoms with Gasteiger partial charge < -0.3 is 15.2 Å². The van der Waals surface area contributed by atoms with Gasteiger partial charge >= 0.3 is 0 Å². The third-order valence-corrected chi connectivity index (χ3v) is 7.40. The van der Waals surface area contributed by atoms with E-state index in [2.05, 4.69) is 15.0 Å². The van der Waals surface area contributed by atoms with Crippen LogP contribution in [0.2, 0.25) is 0 Å². The normalized spacial score (nSPS) is 25.6. The number of alkyl halides is 2. The number of ketones is 1. The van der Waals surface area contributed by atoms with Crippen LogP contribution in [-0.2, 0) is 16.7 Å². The second-order valence-corrected chi connectivity index (χ2v) is 10.5. The third-order valence-electron chi connectivity index (χ3n) is 6.13. The highest BCUT2D eigenvalue weighted by atomic mass is 32.2. The van der Waals surface area contributed by atoms with Gasteiger partial charge in [-0.3, -0.25) is 9.79 Å². The maximum absolute atomic E-state index is 15.0. The highest BCUT2D eigenvalue weighted by Gasteiger charge is 2.66. The third kappa shape index (κ3) is 5.13. The monoisotopic (exact) mass is 512 g/mol. The first-order chi connectivity index (χ1) is 16.4. The molecule has 4 rings (SSSR count). The lowest BCUT2D eigenvalue weighted by atomic mass is 9.84. The minimum atomic E-state index is -3.05. The van der Waals surface area contributed by atoms with Crippen LogP contribution in [-0.4, -0.2) is 51.9 Å². The number of halogens is 4. The average molecular weight is 513 g/mol. The van der Waals surface area contributed by atoms with Crippen molar-refractivity contribution in [3.05, 3.63) is 53.0 Å². The van der Waals surface area contributed by atoms with E-state index >= 15 is 4.39 Å². The number of nitrogens with zero attached hydrogens (tertiary/aromatic N) is 3. The summed E-state index contributed by atoms with van der Waals surface area (Å²) in [5.74, 6) is -6.01. The zero-order valence-electron chi connectivity index (χ0n) is 19.3. The Morgan fingerprint density at radius 1 is 1.29 bits per heavy atom. The SMILES string of the molecule is COC[C@]12C[C@H]1[C@@](C)(c1cc(CC(=O)c3cnc(OCC(C)(F)F)cn3)cc(F)c1F)N=C(N)S2. The molecule has 0 radical (unpaired) electrons. The average Bonchev–Trinajstić information content (AvgIpc) is 3.49. The number of rotatable bonds is 9. The van der Waals surface area contributed by atoms with E-state index in [0.29, 0.717) is 20.0 Å². The number of fused-ring (bicyclic) bond motifs is 1. The lowest BCUT2D eigenvalue weighted by Gasteiger charge is -2.34. The summed E-state index contributed by atoms with van der Waals surface area (Å²) in [7, 11) is 1.57. The molecule has 1 fully saturated rings. The highest BCUT2D eigenvalue weighted by Crippen LogP contribution is 2.66. The molecule has 1 saturated carbocycles. The summed E-state index contributed by atoms with van der Waals surface area (Å²) in [5.41, 5.74) is 5.08. The van der Waals surface area contributed by atoms with Crippen LogP contribution >= 0.6 is 11.8 Å². The summed E-state index contributed by atoms with van der Waals surface area (Å²) in [6.45, 7) is 1.91. The Balaban J connectivity index is 1.56. The van der Waals surface area contributed by atoms with Crippen LogP contribution in [0.3, 0.4) is 0 Å². The number of methoxy groups -OCH3 is 1. The number of aromatic nitrogens is 2. The van der Waals surface area contributed by atoms with Crippen molar-refractivity contribution in [2.75, 3.05) is 20.3 Å². The molecular weight excluding hydrogens is 488 g/mol. The number of aliphatic imine (C=N–C) groups is 1. The number of amidine groups is 1. The van der Waals surface area contributed by atoms with E-state index in [1.165, 1.54) is 17.8 Å². The van der Waals surface area contributed by atoms with E-state index in [9.17, 15) is 18.0 Å². The van der Waals surface area contributed by atoms with E-state index in [1.807, 2.05) is 0 Å². The first kappa shape index (κ1) is 25.4. The van der Waals surface area contributed by atoms with Crippen LogP contribution in [0.25, 0.3) is 0 Å². The van der Waals surface area contributed by atoms with Crippen molar-refractivity contribution in [3.8, 4) is 5.88 Å². The van der Waals surface area contributed by atoms with Crippen molar-refractivity contribution < 1.29 is 31.8 Å². The lowest BCUT2D eigenvalue weighted by Crippen LogP contribution is -2.38. The van der Waals surface area contributed by atoms with Gasteiger partial charge in [-0.15, -0.1) is 0 Å². The van der Waals surface area contributed by atoms with Gasteiger partial charge in [-0.25, -0.2) is 27.5 Å². The Labute approximate surface area is 203 Å². The summed E-state index contributed by atoms with van der Waals surface area (Å²) in [4.78, 5) is 24.9. The van der Waals surface area contributed by atoms with E-state index in [1.54, 1.807) is 14.0 Å². The van der Waals surface area contributed by atoms with Crippen LogP contribution in [0.4, 0.5) is 17.6 Å². The fourth-order valence-electron chi connectivity index (χ4n) is 4.46. The van der Waals surface area contributed by atoms with Gasteiger partial charge in [0.1, 0.15) is 5.69 Å². The van der Waals surface area contributed by atoms with Gasteiger partial charge in [0.2, 0.25) is 5.88 Å². The van der Waals surface area contributed by atoms with E-state index < -0.39 is 35.5 Å². The molecule has 2 aromatic rings. The highest BCUT2D eigenvalue weighted by molar-refractivity contribution is 8.15. The van der Waals surface area contributed by atoms with E-state index in [-0.39, 0.29) is 45.0 Å². The van der Waals surface area contributed by atoms with Gasteiger partial charge in [-0.05, 0) is 31.0 Å². The molecule has 0 bridgehead atoms. The summed E-state index contributed by atoms with van der Waals surface area (Å²) in [5, 5.41) is 0.262. The number of carbonyl (C=O) groups is 1. The minimum absolute atomic E-state index is 0.0156. The largest absolute Gasteiger partial charge is 0.470 e. The van der Waals surface area contributed by atoms with Crippen molar-refractivity contribution in [3.63, 3.8) is 0 Å². The number of benzene rings is 1. The van der Waals surface area contributed by atoms with Crippen LogP contribution in [0.15, 0.2) is 29.5 Å². The van der Waals surface area contributed by atoms with Gasteiger partial charge in [0.25, 0.3) is 5.92 Å². The maximum Gasteiger partial charge on any atom is 0.278 e. The number of thioether (sulfide) groups is 1. The Hall–Kier alpha value is -2.73. The van der Waals surface area contributed by atoms with Crippen LogP contribution in [0, 0.1) is 17.6 Å².